The lowest BCUT2D eigenvalue weighted by molar-refractivity contribution is 0.243. The SMILES string of the molecule is CCNCC(C)COc1ccc(CO)cc1OC. The number of methoxy groups -OCH3 is 1. The van der Waals surface area contributed by atoms with E-state index < -0.39 is 0 Å². The molecule has 0 fully saturated rings. The van der Waals surface area contributed by atoms with Gasteiger partial charge in [0.1, 0.15) is 0 Å². The third kappa shape index (κ3) is 4.55. The van der Waals surface area contributed by atoms with E-state index in [0.717, 1.165) is 24.4 Å². The molecular formula is C14H23NO3. The summed E-state index contributed by atoms with van der Waals surface area (Å²) in [4.78, 5) is 0. The fourth-order valence-corrected chi connectivity index (χ4v) is 1.61. The molecule has 0 aliphatic rings. The van der Waals surface area contributed by atoms with Gasteiger partial charge in [-0.1, -0.05) is 19.9 Å². The minimum absolute atomic E-state index is 0.00740. The maximum atomic E-state index is 9.06. The van der Waals surface area contributed by atoms with Crippen LogP contribution in [0.3, 0.4) is 0 Å². The Morgan fingerprint density at radius 1 is 1.33 bits per heavy atom. The maximum Gasteiger partial charge on any atom is 0.161 e. The number of hydrogen-bond acceptors (Lipinski definition) is 4. The standard InChI is InChI=1S/C14H23NO3/c1-4-15-8-11(2)10-18-13-6-5-12(9-16)7-14(13)17-3/h5-7,11,15-16H,4,8-10H2,1-3H3. The van der Waals surface area contributed by atoms with Gasteiger partial charge in [-0.3, -0.25) is 0 Å². The van der Waals surface area contributed by atoms with Crippen molar-refractivity contribution in [2.75, 3.05) is 26.8 Å². The Labute approximate surface area is 109 Å². The van der Waals surface area contributed by atoms with Crippen molar-refractivity contribution in [3.8, 4) is 11.5 Å². The lowest BCUT2D eigenvalue weighted by Gasteiger charge is -2.15. The zero-order valence-electron chi connectivity index (χ0n) is 11.4. The minimum Gasteiger partial charge on any atom is -0.493 e. The Balaban J connectivity index is 2.55. The summed E-state index contributed by atoms with van der Waals surface area (Å²) in [6.45, 7) is 6.78. The lowest BCUT2D eigenvalue weighted by atomic mass is 10.2. The van der Waals surface area contributed by atoms with E-state index in [4.69, 9.17) is 14.6 Å². The van der Waals surface area contributed by atoms with E-state index in [1.807, 2.05) is 12.1 Å². The van der Waals surface area contributed by atoms with Crippen molar-refractivity contribution in [2.24, 2.45) is 5.92 Å². The normalized spacial score (nSPS) is 12.2. The molecule has 1 aromatic carbocycles. The predicted octanol–water partition coefficient (Wildman–Crippen LogP) is 1.81. The first-order valence-corrected chi connectivity index (χ1v) is 6.32. The number of aliphatic hydroxyl groups is 1. The van der Waals surface area contributed by atoms with Crippen molar-refractivity contribution in [1.82, 2.24) is 5.32 Å². The Morgan fingerprint density at radius 2 is 2.11 bits per heavy atom. The molecule has 0 spiro atoms. The van der Waals surface area contributed by atoms with Crippen LogP contribution in [-0.2, 0) is 6.61 Å². The summed E-state index contributed by atoms with van der Waals surface area (Å²) in [6, 6.07) is 5.47. The molecule has 18 heavy (non-hydrogen) atoms. The van der Waals surface area contributed by atoms with Crippen LogP contribution < -0.4 is 14.8 Å². The second kappa shape index (κ2) is 7.95. The zero-order chi connectivity index (χ0) is 13.4. The average Bonchev–Trinajstić information content (AvgIpc) is 2.42. The van der Waals surface area contributed by atoms with Gasteiger partial charge in [0.2, 0.25) is 0 Å². The smallest absolute Gasteiger partial charge is 0.161 e. The topological polar surface area (TPSA) is 50.7 Å². The van der Waals surface area contributed by atoms with Gasteiger partial charge < -0.3 is 19.9 Å². The fourth-order valence-electron chi connectivity index (χ4n) is 1.61. The number of benzene rings is 1. The molecule has 1 atom stereocenters. The first-order chi connectivity index (χ1) is 8.71. The monoisotopic (exact) mass is 253 g/mol. The summed E-state index contributed by atoms with van der Waals surface area (Å²) in [7, 11) is 1.60. The van der Waals surface area contributed by atoms with E-state index in [2.05, 4.69) is 19.2 Å². The van der Waals surface area contributed by atoms with Crippen LogP contribution >= 0.6 is 0 Å². The van der Waals surface area contributed by atoms with Gasteiger partial charge in [0.15, 0.2) is 11.5 Å². The summed E-state index contributed by atoms with van der Waals surface area (Å²) < 4.78 is 11.0. The molecule has 1 rings (SSSR count). The number of aliphatic hydroxyl groups excluding tert-OH is 1. The van der Waals surface area contributed by atoms with Gasteiger partial charge in [-0.15, -0.1) is 0 Å². The third-order valence-corrected chi connectivity index (χ3v) is 2.68. The van der Waals surface area contributed by atoms with Crippen LogP contribution in [-0.4, -0.2) is 31.9 Å². The fraction of sp³-hybridized carbons (Fsp3) is 0.571. The first-order valence-electron chi connectivity index (χ1n) is 6.32. The van der Waals surface area contributed by atoms with Crippen molar-refractivity contribution < 1.29 is 14.6 Å². The van der Waals surface area contributed by atoms with Crippen LogP contribution in [0.1, 0.15) is 19.4 Å². The van der Waals surface area contributed by atoms with Gasteiger partial charge in [0.05, 0.1) is 20.3 Å². The minimum atomic E-state index is 0.00740. The van der Waals surface area contributed by atoms with E-state index in [1.54, 1.807) is 13.2 Å². The van der Waals surface area contributed by atoms with Gasteiger partial charge in [-0.25, -0.2) is 0 Å². The molecule has 0 saturated heterocycles. The summed E-state index contributed by atoms with van der Waals surface area (Å²) in [5.74, 6) is 1.82. The lowest BCUT2D eigenvalue weighted by Crippen LogP contribution is -2.24. The molecule has 0 aromatic heterocycles. The largest absolute Gasteiger partial charge is 0.493 e. The quantitative estimate of drug-likeness (QED) is 0.742. The van der Waals surface area contributed by atoms with Crippen molar-refractivity contribution in [3.63, 3.8) is 0 Å². The molecule has 4 nitrogen and oxygen atoms in total. The van der Waals surface area contributed by atoms with Crippen LogP contribution in [0, 0.1) is 5.92 Å². The first kappa shape index (κ1) is 14.8. The molecule has 0 bridgehead atoms. The summed E-state index contributed by atoms with van der Waals surface area (Å²) >= 11 is 0. The van der Waals surface area contributed by atoms with E-state index in [9.17, 15) is 0 Å². The van der Waals surface area contributed by atoms with E-state index in [0.29, 0.717) is 18.3 Å². The average molecular weight is 253 g/mol. The number of nitrogens with one attached hydrogen (secondary N) is 1. The molecule has 102 valence electrons. The molecule has 0 aliphatic heterocycles. The number of ether oxygens (including phenoxy) is 2. The molecule has 0 saturated carbocycles. The second-order valence-corrected chi connectivity index (χ2v) is 4.37. The molecular weight excluding hydrogens is 230 g/mol. The zero-order valence-corrected chi connectivity index (χ0v) is 11.4. The Kier molecular flexibility index (Phi) is 6.54. The van der Waals surface area contributed by atoms with Crippen molar-refractivity contribution in [2.45, 2.75) is 20.5 Å². The molecule has 4 heteroatoms. The third-order valence-electron chi connectivity index (χ3n) is 2.68. The molecule has 1 unspecified atom stereocenters. The Bertz CT molecular complexity index is 355. The number of rotatable bonds is 8. The highest BCUT2D eigenvalue weighted by atomic mass is 16.5. The van der Waals surface area contributed by atoms with E-state index in [1.165, 1.54) is 0 Å². The maximum absolute atomic E-state index is 9.06. The Hall–Kier alpha value is -1.26. The van der Waals surface area contributed by atoms with Gasteiger partial charge in [0, 0.05) is 12.5 Å². The van der Waals surface area contributed by atoms with Crippen molar-refractivity contribution >= 4 is 0 Å². The van der Waals surface area contributed by atoms with Crippen LogP contribution in [0.4, 0.5) is 0 Å². The van der Waals surface area contributed by atoms with Crippen LogP contribution in [0.5, 0.6) is 11.5 Å². The van der Waals surface area contributed by atoms with Gasteiger partial charge in [-0.05, 0) is 24.2 Å². The molecule has 0 heterocycles. The second-order valence-electron chi connectivity index (χ2n) is 4.37. The van der Waals surface area contributed by atoms with Gasteiger partial charge in [0.25, 0.3) is 0 Å². The summed E-state index contributed by atoms with van der Waals surface area (Å²) in [5.41, 5.74) is 0.819. The molecule has 0 aliphatic carbocycles. The van der Waals surface area contributed by atoms with Crippen LogP contribution in [0.25, 0.3) is 0 Å². The summed E-state index contributed by atoms with van der Waals surface area (Å²) in [6.07, 6.45) is 0. The van der Waals surface area contributed by atoms with Crippen LogP contribution in [0.15, 0.2) is 18.2 Å². The Morgan fingerprint density at radius 3 is 2.72 bits per heavy atom. The predicted molar refractivity (Wildman–Crippen MR) is 72.1 cm³/mol. The molecule has 2 N–H and O–H groups in total. The van der Waals surface area contributed by atoms with Crippen molar-refractivity contribution in [1.29, 1.82) is 0 Å². The number of hydrogen-bond donors (Lipinski definition) is 2. The highest BCUT2D eigenvalue weighted by Crippen LogP contribution is 2.28. The highest BCUT2D eigenvalue weighted by Gasteiger charge is 2.08. The van der Waals surface area contributed by atoms with Gasteiger partial charge >= 0.3 is 0 Å². The molecule has 0 amide bonds. The van der Waals surface area contributed by atoms with Gasteiger partial charge in [-0.2, -0.15) is 0 Å². The van der Waals surface area contributed by atoms with Crippen molar-refractivity contribution in [3.05, 3.63) is 23.8 Å². The molecule has 1 aromatic rings. The van der Waals surface area contributed by atoms with E-state index >= 15 is 0 Å². The summed E-state index contributed by atoms with van der Waals surface area (Å²) in [5, 5.41) is 12.3. The van der Waals surface area contributed by atoms with E-state index in [-0.39, 0.29) is 6.61 Å². The van der Waals surface area contributed by atoms with Crippen LogP contribution in [0.2, 0.25) is 0 Å². The highest BCUT2D eigenvalue weighted by molar-refractivity contribution is 5.42. The molecule has 0 radical (unpaired) electrons.